The van der Waals surface area contributed by atoms with E-state index in [-0.39, 0.29) is 22.8 Å². The summed E-state index contributed by atoms with van der Waals surface area (Å²) < 4.78 is 0. The number of hydrogen-bond acceptors (Lipinski definition) is 5. The van der Waals surface area contributed by atoms with Crippen LogP contribution in [0.15, 0.2) is 36.5 Å². The van der Waals surface area contributed by atoms with Gasteiger partial charge in [0.25, 0.3) is 5.91 Å². The summed E-state index contributed by atoms with van der Waals surface area (Å²) in [6, 6.07) is 9.90. The van der Waals surface area contributed by atoms with E-state index in [0.717, 1.165) is 30.8 Å². The SMILES string of the molecule is CN(C)CCNc1ccc(-c2nc3nccc(C(=O)NC4CC5C#CC4(C)C5(C)C)c3[nH]2)cc1. The Labute approximate surface area is 200 Å². The molecule has 2 bridgehead atoms. The van der Waals surface area contributed by atoms with Crippen molar-refractivity contribution in [1.29, 1.82) is 0 Å². The summed E-state index contributed by atoms with van der Waals surface area (Å²) in [6.45, 7) is 8.50. The number of aromatic nitrogens is 3. The molecule has 1 saturated carbocycles. The molecule has 0 radical (unpaired) electrons. The number of amides is 1. The van der Waals surface area contributed by atoms with Crippen LogP contribution in [-0.2, 0) is 0 Å². The molecule has 2 heterocycles. The lowest BCUT2D eigenvalue weighted by Crippen LogP contribution is -2.46. The zero-order chi connectivity index (χ0) is 24.1. The molecule has 5 rings (SSSR count). The maximum Gasteiger partial charge on any atom is 0.253 e. The van der Waals surface area contributed by atoms with Crippen LogP contribution >= 0.6 is 0 Å². The Morgan fingerprint density at radius 3 is 2.62 bits per heavy atom. The second-order valence-electron chi connectivity index (χ2n) is 10.5. The van der Waals surface area contributed by atoms with Gasteiger partial charge >= 0.3 is 0 Å². The molecule has 3 atom stereocenters. The Bertz CT molecular complexity index is 1300. The average molecular weight is 457 g/mol. The lowest BCUT2D eigenvalue weighted by atomic mass is 9.69. The summed E-state index contributed by atoms with van der Waals surface area (Å²) in [5, 5.41) is 6.68. The normalized spacial score (nSPS) is 24.3. The number of likely N-dealkylation sites (N-methyl/N-ethyl adjacent to an activating group) is 1. The van der Waals surface area contributed by atoms with Gasteiger partial charge in [-0.1, -0.05) is 25.7 Å². The Kier molecular flexibility index (Phi) is 5.37. The van der Waals surface area contributed by atoms with Gasteiger partial charge in [-0.2, -0.15) is 0 Å². The van der Waals surface area contributed by atoms with Crippen molar-refractivity contribution in [2.45, 2.75) is 33.2 Å². The van der Waals surface area contributed by atoms with Crippen molar-refractivity contribution in [2.24, 2.45) is 16.7 Å². The van der Waals surface area contributed by atoms with E-state index >= 15 is 0 Å². The molecular formula is C27H32N6O. The number of imidazole rings is 1. The number of hydrogen-bond donors (Lipinski definition) is 3. The smallest absolute Gasteiger partial charge is 0.253 e. The van der Waals surface area contributed by atoms with Gasteiger partial charge in [-0.25, -0.2) is 9.97 Å². The van der Waals surface area contributed by atoms with Crippen LogP contribution in [0.25, 0.3) is 22.6 Å². The van der Waals surface area contributed by atoms with Crippen molar-refractivity contribution in [3.05, 3.63) is 42.1 Å². The van der Waals surface area contributed by atoms with E-state index in [2.05, 4.69) is 77.2 Å². The quantitative estimate of drug-likeness (QED) is 0.471. The number of nitrogens with one attached hydrogen (secondary N) is 3. The van der Waals surface area contributed by atoms with Crippen LogP contribution < -0.4 is 10.6 Å². The van der Waals surface area contributed by atoms with Crippen LogP contribution in [0.3, 0.4) is 0 Å². The molecule has 7 nitrogen and oxygen atoms in total. The Morgan fingerprint density at radius 1 is 1.21 bits per heavy atom. The van der Waals surface area contributed by atoms with Gasteiger partial charge in [-0.05, 0) is 63.2 Å². The van der Waals surface area contributed by atoms with Crippen LogP contribution in [0.5, 0.6) is 0 Å². The summed E-state index contributed by atoms with van der Waals surface area (Å²) in [4.78, 5) is 27.9. The zero-order valence-electron chi connectivity index (χ0n) is 20.5. The average Bonchev–Trinajstić information content (AvgIpc) is 3.39. The third-order valence-electron chi connectivity index (χ3n) is 7.87. The molecule has 3 N–H and O–H groups in total. The van der Waals surface area contributed by atoms with Crippen molar-refractivity contribution < 1.29 is 4.79 Å². The van der Waals surface area contributed by atoms with Gasteiger partial charge in [0.2, 0.25) is 0 Å². The van der Waals surface area contributed by atoms with Crippen molar-refractivity contribution >= 4 is 22.8 Å². The number of fused-ring (bicyclic) bond motifs is 3. The maximum absolute atomic E-state index is 13.3. The van der Waals surface area contributed by atoms with E-state index in [9.17, 15) is 4.79 Å². The minimum atomic E-state index is -0.221. The van der Waals surface area contributed by atoms with Crippen molar-refractivity contribution in [1.82, 2.24) is 25.2 Å². The van der Waals surface area contributed by atoms with Gasteiger partial charge in [-0.15, -0.1) is 0 Å². The molecule has 3 aromatic rings. The zero-order valence-corrected chi connectivity index (χ0v) is 20.5. The van der Waals surface area contributed by atoms with Crippen LogP contribution in [0.1, 0.15) is 37.6 Å². The molecule has 1 amide bonds. The number of carbonyl (C=O) groups is 1. The number of pyridine rings is 1. The molecule has 1 aromatic carbocycles. The Hall–Kier alpha value is -3.37. The lowest BCUT2D eigenvalue weighted by Gasteiger charge is -2.36. The maximum atomic E-state index is 13.3. The second kappa shape index (κ2) is 8.14. The fourth-order valence-electron chi connectivity index (χ4n) is 5.15. The largest absolute Gasteiger partial charge is 0.384 e. The summed E-state index contributed by atoms with van der Waals surface area (Å²) in [5.41, 5.74) is 3.57. The first-order valence-electron chi connectivity index (χ1n) is 11.9. The molecule has 2 aliphatic rings. The minimum Gasteiger partial charge on any atom is -0.384 e. The minimum absolute atomic E-state index is 0.0272. The second-order valence-corrected chi connectivity index (χ2v) is 10.5. The molecule has 3 unspecified atom stereocenters. The number of anilines is 1. The number of H-pyrrole nitrogens is 1. The van der Waals surface area contributed by atoms with E-state index in [1.54, 1.807) is 12.3 Å². The van der Waals surface area contributed by atoms with Crippen LogP contribution in [0.4, 0.5) is 5.69 Å². The molecule has 7 heteroatoms. The lowest BCUT2D eigenvalue weighted by molar-refractivity contribution is 0.0893. The predicted octanol–water partition coefficient (Wildman–Crippen LogP) is 3.77. The summed E-state index contributed by atoms with van der Waals surface area (Å²) in [6.07, 6.45) is 2.53. The third-order valence-corrected chi connectivity index (χ3v) is 7.87. The first kappa shape index (κ1) is 22.4. The highest BCUT2D eigenvalue weighted by Crippen LogP contribution is 2.58. The highest BCUT2D eigenvalue weighted by molar-refractivity contribution is 6.04. The number of nitrogens with zero attached hydrogens (tertiary/aromatic N) is 3. The van der Waals surface area contributed by atoms with E-state index in [0.29, 0.717) is 28.5 Å². The number of benzene rings is 1. The predicted molar refractivity (Wildman–Crippen MR) is 135 cm³/mol. The number of rotatable bonds is 7. The van der Waals surface area contributed by atoms with Crippen LogP contribution in [0, 0.1) is 28.6 Å². The van der Waals surface area contributed by atoms with E-state index < -0.39 is 0 Å². The van der Waals surface area contributed by atoms with Gasteiger partial charge in [-0.3, -0.25) is 4.79 Å². The fourth-order valence-corrected chi connectivity index (χ4v) is 5.15. The fraction of sp³-hybridized carbons (Fsp3) is 0.444. The Morgan fingerprint density at radius 2 is 1.97 bits per heavy atom. The monoisotopic (exact) mass is 456 g/mol. The van der Waals surface area contributed by atoms with E-state index in [1.807, 2.05) is 24.3 Å². The molecule has 176 valence electrons. The van der Waals surface area contributed by atoms with Crippen molar-refractivity contribution in [3.63, 3.8) is 0 Å². The first-order valence-corrected chi connectivity index (χ1v) is 11.9. The molecule has 1 fully saturated rings. The molecule has 2 aromatic heterocycles. The standard InChI is InChI=1S/C27H32N6O/c1-26(2)18-10-12-27(26,3)21(16-18)30-25(34)20-11-13-29-24-22(20)31-23(32-24)17-6-8-19(9-7-17)28-14-15-33(4)5/h6-9,11,13,18,21,28H,14-16H2,1-5H3,(H,30,34)(H,29,31,32). The van der Waals surface area contributed by atoms with Gasteiger partial charge in [0, 0.05) is 42.5 Å². The molecule has 0 spiro atoms. The number of carbonyl (C=O) groups excluding carboxylic acids is 1. The van der Waals surface area contributed by atoms with Gasteiger partial charge < -0.3 is 20.5 Å². The van der Waals surface area contributed by atoms with Gasteiger partial charge in [0.15, 0.2) is 5.65 Å². The highest BCUT2D eigenvalue weighted by atomic mass is 16.1. The third kappa shape index (κ3) is 3.63. The summed E-state index contributed by atoms with van der Waals surface area (Å²) in [5.74, 6) is 7.68. The van der Waals surface area contributed by atoms with Gasteiger partial charge in [0.1, 0.15) is 5.82 Å². The van der Waals surface area contributed by atoms with Gasteiger partial charge in [0.05, 0.1) is 16.5 Å². The number of aromatic amines is 1. The molecule has 0 aliphatic heterocycles. The van der Waals surface area contributed by atoms with Crippen LogP contribution in [0.2, 0.25) is 0 Å². The summed E-state index contributed by atoms with van der Waals surface area (Å²) in [7, 11) is 4.11. The summed E-state index contributed by atoms with van der Waals surface area (Å²) >= 11 is 0. The van der Waals surface area contributed by atoms with Crippen molar-refractivity contribution in [3.8, 4) is 23.2 Å². The molecule has 0 saturated heterocycles. The highest BCUT2D eigenvalue weighted by Gasteiger charge is 2.59. The Balaban J connectivity index is 1.35. The van der Waals surface area contributed by atoms with E-state index in [4.69, 9.17) is 0 Å². The van der Waals surface area contributed by atoms with Crippen LogP contribution in [-0.4, -0.2) is 59.0 Å². The topological polar surface area (TPSA) is 85.9 Å². The molecule has 34 heavy (non-hydrogen) atoms. The molecular weight excluding hydrogens is 424 g/mol. The molecule has 2 aliphatic carbocycles. The first-order chi connectivity index (χ1) is 16.2. The van der Waals surface area contributed by atoms with Crippen molar-refractivity contribution in [2.75, 3.05) is 32.5 Å². The van der Waals surface area contributed by atoms with E-state index in [1.165, 1.54) is 0 Å².